The van der Waals surface area contributed by atoms with Gasteiger partial charge in [0.1, 0.15) is 0 Å². The number of hydrogen-bond donors (Lipinski definition) is 1. The second-order valence-corrected chi connectivity index (χ2v) is 9.26. The summed E-state index contributed by atoms with van der Waals surface area (Å²) in [6, 6.07) is 5.49. The summed E-state index contributed by atoms with van der Waals surface area (Å²) in [6.45, 7) is 10.9. The molecule has 8 nitrogen and oxygen atoms in total. The molecule has 1 saturated heterocycles. The average molecular weight is 419 g/mol. The highest BCUT2D eigenvalue weighted by atomic mass is 32.2. The van der Waals surface area contributed by atoms with Crippen LogP contribution in [-0.2, 0) is 10.2 Å². The quantitative estimate of drug-likeness (QED) is 0.742. The molecule has 0 bridgehead atoms. The Morgan fingerprint density at radius 2 is 1.66 bits per heavy atom. The molecular formula is C20H30N6O2S. The molecule has 1 N–H and O–H groups in total. The van der Waals surface area contributed by atoms with Crippen LogP contribution in [0.3, 0.4) is 0 Å². The molecule has 2 aromatic heterocycles. The minimum Gasteiger partial charge on any atom is -0.324 e. The summed E-state index contributed by atoms with van der Waals surface area (Å²) in [5, 5.41) is 3.25. The predicted molar refractivity (Wildman–Crippen MR) is 114 cm³/mol. The summed E-state index contributed by atoms with van der Waals surface area (Å²) < 4.78 is 29.3. The number of rotatable bonds is 7. The Hall–Kier alpha value is -2.10. The van der Waals surface area contributed by atoms with Crippen molar-refractivity contribution in [3.05, 3.63) is 41.0 Å². The molecular weight excluding hydrogens is 388 g/mol. The van der Waals surface area contributed by atoms with Crippen molar-refractivity contribution in [1.29, 1.82) is 0 Å². The van der Waals surface area contributed by atoms with Gasteiger partial charge in [0, 0.05) is 42.4 Å². The molecule has 3 rings (SSSR count). The van der Waals surface area contributed by atoms with Crippen LogP contribution in [0.15, 0.2) is 18.2 Å². The first-order chi connectivity index (χ1) is 13.7. The molecule has 1 aliphatic rings. The lowest BCUT2D eigenvalue weighted by Crippen LogP contribution is -2.43. The molecule has 0 aromatic carbocycles. The first kappa shape index (κ1) is 21.6. The summed E-state index contributed by atoms with van der Waals surface area (Å²) in [6.07, 6.45) is 1.58. The van der Waals surface area contributed by atoms with E-state index in [4.69, 9.17) is 0 Å². The topological polar surface area (TPSA) is 91.3 Å². The standard InChI is InChI=1S/C20H30N6O2S/c1-6-25(7-2)29(27,28)26-10-8-9-19(26)18-13-17(12-16(5)21-18)24-20-22-14(3)11-15(4)23-20/h11-13,19H,6-10H2,1-5H3,(H,21,22,23,24). The summed E-state index contributed by atoms with van der Waals surface area (Å²) in [5.41, 5.74) is 4.16. The molecule has 0 radical (unpaired) electrons. The van der Waals surface area contributed by atoms with Gasteiger partial charge in [-0.2, -0.15) is 17.0 Å². The van der Waals surface area contributed by atoms with E-state index in [1.54, 1.807) is 4.31 Å². The molecule has 1 fully saturated rings. The van der Waals surface area contributed by atoms with Crippen LogP contribution >= 0.6 is 0 Å². The second-order valence-electron chi connectivity index (χ2n) is 7.38. The minimum absolute atomic E-state index is 0.263. The Morgan fingerprint density at radius 3 is 2.28 bits per heavy atom. The van der Waals surface area contributed by atoms with Crippen LogP contribution in [0.2, 0.25) is 0 Å². The first-order valence-electron chi connectivity index (χ1n) is 10.1. The van der Waals surface area contributed by atoms with Crippen LogP contribution in [0, 0.1) is 20.8 Å². The molecule has 2 aromatic rings. The normalized spacial score (nSPS) is 17.8. The maximum Gasteiger partial charge on any atom is 0.282 e. The van der Waals surface area contributed by atoms with E-state index in [-0.39, 0.29) is 6.04 Å². The van der Waals surface area contributed by atoms with Gasteiger partial charge in [-0.3, -0.25) is 4.98 Å². The first-order valence-corrected chi connectivity index (χ1v) is 11.5. The summed E-state index contributed by atoms with van der Waals surface area (Å²) >= 11 is 0. The SMILES string of the molecule is CCN(CC)S(=O)(=O)N1CCCC1c1cc(Nc2nc(C)cc(C)n2)cc(C)n1. The second kappa shape index (κ2) is 8.73. The van der Waals surface area contributed by atoms with Gasteiger partial charge in [-0.15, -0.1) is 0 Å². The maximum absolute atomic E-state index is 13.1. The molecule has 29 heavy (non-hydrogen) atoms. The highest BCUT2D eigenvalue weighted by Gasteiger charge is 2.38. The molecule has 1 aliphatic heterocycles. The molecule has 9 heteroatoms. The van der Waals surface area contributed by atoms with E-state index in [0.717, 1.165) is 41.3 Å². The lowest BCUT2D eigenvalue weighted by atomic mass is 10.1. The van der Waals surface area contributed by atoms with Crippen molar-refractivity contribution < 1.29 is 8.42 Å². The largest absolute Gasteiger partial charge is 0.324 e. The smallest absolute Gasteiger partial charge is 0.282 e. The Bertz CT molecular complexity index is 955. The number of nitrogens with one attached hydrogen (secondary N) is 1. The third-order valence-corrected chi connectivity index (χ3v) is 7.28. The van der Waals surface area contributed by atoms with Crippen LogP contribution < -0.4 is 5.32 Å². The third kappa shape index (κ3) is 4.73. The Kier molecular flexibility index (Phi) is 6.50. The zero-order valence-electron chi connectivity index (χ0n) is 17.8. The number of nitrogens with zero attached hydrogens (tertiary/aromatic N) is 5. The van der Waals surface area contributed by atoms with Crippen molar-refractivity contribution in [2.75, 3.05) is 25.0 Å². The van der Waals surface area contributed by atoms with Crippen LogP contribution in [0.4, 0.5) is 11.6 Å². The fraction of sp³-hybridized carbons (Fsp3) is 0.550. The van der Waals surface area contributed by atoms with E-state index < -0.39 is 10.2 Å². The van der Waals surface area contributed by atoms with Crippen molar-refractivity contribution in [2.45, 2.75) is 53.5 Å². The minimum atomic E-state index is -3.51. The summed E-state index contributed by atoms with van der Waals surface area (Å²) in [4.78, 5) is 13.5. The predicted octanol–water partition coefficient (Wildman–Crippen LogP) is 3.26. The molecule has 1 unspecified atom stereocenters. The van der Waals surface area contributed by atoms with Crippen LogP contribution in [0.1, 0.15) is 55.5 Å². The van der Waals surface area contributed by atoms with Gasteiger partial charge in [0.05, 0.1) is 11.7 Å². The molecule has 3 heterocycles. The molecule has 0 aliphatic carbocycles. The lowest BCUT2D eigenvalue weighted by molar-refractivity contribution is 0.335. The van der Waals surface area contributed by atoms with Crippen molar-refractivity contribution in [2.24, 2.45) is 0 Å². The van der Waals surface area contributed by atoms with Crippen LogP contribution in [0.25, 0.3) is 0 Å². The average Bonchev–Trinajstić information content (AvgIpc) is 3.12. The van der Waals surface area contributed by atoms with Crippen molar-refractivity contribution >= 4 is 21.8 Å². The van der Waals surface area contributed by atoms with Crippen LogP contribution in [0.5, 0.6) is 0 Å². The molecule has 1 atom stereocenters. The molecule has 0 saturated carbocycles. The van der Waals surface area contributed by atoms with Gasteiger partial charge in [0.25, 0.3) is 10.2 Å². The highest BCUT2D eigenvalue weighted by Crippen LogP contribution is 2.35. The van der Waals surface area contributed by atoms with Gasteiger partial charge >= 0.3 is 0 Å². The number of hydrogen-bond acceptors (Lipinski definition) is 6. The van der Waals surface area contributed by atoms with E-state index in [2.05, 4.69) is 20.3 Å². The summed E-state index contributed by atoms with van der Waals surface area (Å²) in [5.74, 6) is 0.526. The highest BCUT2D eigenvalue weighted by molar-refractivity contribution is 7.86. The number of aromatic nitrogens is 3. The Labute approximate surface area is 173 Å². The Balaban J connectivity index is 1.92. The summed E-state index contributed by atoms with van der Waals surface area (Å²) in [7, 11) is -3.51. The lowest BCUT2D eigenvalue weighted by Gasteiger charge is -2.29. The number of aryl methyl sites for hydroxylation is 3. The van der Waals surface area contributed by atoms with Crippen molar-refractivity contribution in [3.63, 3.8) is 0 Å². The molecule has 0 spiro atoms. The van der Waals surface area contributed by atoms with E-state index in [1.807, 2.05) is 52.8 Å². The van der Waals surface area contributed by atoms with Crippen molar-refractivity contribution in [1.82, 2.24) is 23.6 Å². The number of anilines is 2. The monoisotopic (exact) mass is 418 g/mol. The van der Waals surface area contributed by atoms with E-state index in [9.17, 15) is 8.42 Å². The van der Waals surface area contributed by atoms with E-state index >= 15 is 0 Å². The third-order valence-electron chi connectivity index (χ3n) is 5.08. The Morgan fingerprint density at radius 1 is 1.03 bits per heavy atom. The van der Waals surface area contributed by atoms with Gasteiger partial charge in [0.15, 0.2) is 0 Å². The van der Waals surface area contributed by atoms with Gasteiger partial charge in [0.2, 0.25) is 5.95 Å². The maximum atomic E-state index is 13.1. The van der Waals surface area contributed by atoms with Gasteiger partial charge in [-0.05, 0) is 51.8 Å². The van der Waals surface area contributed by atoms with Crippen molar-refractivity contribution in [3.8, 4) is 0 Å². The molecule has 158 valence electrons. The zero-order valence-corrected chi connectivity index (χ0v) is 18.6. The van der Waals surface area contributed by atoms with Gasteiger partial charge < -0.3 is 5.32 Å². The van der Waals surface area contributed by atoms with Gasteiger partial charge in [-0.1, -0.05) is 13.8 Å². The van der Waals surface area contributed by atoms with Gasteiger partial charge in [-0.25, -0.2) is 9.97 Å². The molecule has 0 amide bonds. The van der Waals surface area contributed by atoms with Crippen LogP contribution in [-0.4, -0.2) is 51.6 Å². The fourth-order valence-electron chi connectivity index (χ4n) is 3.86. The zero-order chi connectivity index (χ0) is 21.2. The van der Waals surface area contributed by atoms with E-state index in [0.29, 0.717) is 25.6 Å². The number of pyridine rings is 1. The fourth-order valence-corrected chi connectivity index (χ4v) is 5.70. The van der Waals surface area contributed by atoms with E-state index in [1.165, 1.54) is 4.31 Å².